The summed E-state index contributed by atoms with van der Waals surface area (Å²) in [4.78, 5) is 20.0. The maximum atomic E-state index is 13.4. The van der Waals surface area contributed by atoms with Crippen LogP contribution in [0.3, 0.4) is 0 Å². The summed E-state index contributed by atoms with van der Waals surface area (Å²) in [5, 5.41) is 0.705. The van der Waals surface area contributed by atoms with Crippen molar-refractivity contribution in [2.24, 2.45) is 0 Å². The number of carbonyl (C=O) groups excluding carboxylic acids is 1. The summed E-state index contributed by atoms with van der Waals surface area (Å²) in [7, 11) is 1.65. The molecule has 3 aromatic carbocycles. The third-order valence-electron chi connectivity index (χ3n) is 5.14. The molecule has 5 heteroatoms. The summed E-state index contributed by atoms with van der Waals surface area (Å²) >= 11 is 1.51. The number of hydrogen-bond acceptors (Lipinski definition) is 4. The smallest absolute Gasteiger partial charge is 0.233 e. The van der Waals surface area contributed by atoms with Crippen LogP contribution in [-0.4, -0.2) is 18.0 Å². The normalized spacial score (nSPS) is 10.9. The Hall–Kier alpha value is -3.18. The standard InChI is InChI=1S/C25H24N2O2S/c1-17-9-10-20(18(2)13-17)14-24(28)27(16-19-7-5-4-6-8-19)25-26-22-12-11-21(29-3)15-23(22)30-25/h4-13,15H,14,16H2,1-3H3. The SMILES string of the molecule is COc1ccc2nc(N(Cc3ccccc3)C(=O)Cc3ccc(C)cc3C)sc2c1. The van der Waals surface area contributed by atoms with Gasteiger partial charge in [-0.15, -0.1) is 0 Å². The van der Waals surface area contributed by atoms with Crippen molar-refractivity contribution in [2.75, 3.05) is 12.0 Å². The average Bonchev–Trinajstić information content (AvgIpc) is 3.17. The molecule has 0 unspecified atom stereocenters. The van der Waals surface area contributed by atoms with E-state index in [9.17, 15) is 4.79 Å². The van der Waals surface area contributed by atoms with Crippen molar-refractivity contribution in [1.29, 1.82) is 0 Å². The van der Waals surface area contributed by atoms with Gasteiger partial charge in [-0.1, -0.05) is 65.4 Å². The fourth-order valence-corrected chi connectivity index (χ4v) is 4.48. The lowest BCUT2D eigenvalue weighted by atomic mass is 10.0. The van der Waals surface area contributed by atoms with Gasteiger partial charge in [0.15, 0.2) is 5.13 Å². The number of anilines is 1. The van der Waals surface area contributed by atoms with Crippen LogP contribution in [0.4, 0.5) is 5.13 Å². The van der Waals surface area contributed by atoms with E-state index in [1.807, 2.05) is 54.6 Å². The van der Waals surface area contributed by atoms with Crippen LogP contribution < -0.4 is 9.64 Å². The molecule has 0 atom stereocenters. The zero-order valence-electron chi connectivity index (χ0n) is 17.4. The van der Waals surface area contributed by atoms with Gasteiger partial charge in [-0.05, 0) is 48.7 Å². The van der Waals surface area contributed by atoms with E-state index < -0.39 is 0 Å². The van der Waals surface area contributed by atoms with Crippen LogP contribution in [0.2, 0.25) is 0 Å². The van der Waals surface area contributed by atoms with Crippen molar-refractivity contribution in [3.05, 3.63) is 89.0 Å². The number of fused-ring (bicyclic) bond motifs is 1. The highest BCUT2D eigenvalue weighted by molar-refractivity contribution is 7.22. The number of carbonyl (C=O) groups is 1. The maximum absolute atomic E-state index is 13.4. The van der Waals surface area contributed by atoms with Gasteiger partial charge in [0.2, 0.25) is 5.91 Å². The molecular formula is C25H24N2O2S. The highest BCUT2D eigenvalue weighted by Crippen LogP contribution is 2.32. The van der Waals surface area contributed by atoms with Gasteiger partial charge >= 0.3 is 0 Å². The van der Waals surface area contributed by atoms with Crippen LogP contribution in [0.1, 0.15) is 22.3 Å². The molecule has 0 N–H and O–H groups in total. The van der Waals surface area contributed by atoms with Crippen molar-refractivity contribution >= 4 is 32.6 Å². The summed E-state index contributed by atoms with van der Waals surface area (Å²) in [5.74, 6) is 0.825. The molecule has 1 heterocycles. The van der Waals surface area contributed by atoms with E-state index in [2.05, 4.69) is 26.0 Å². The van der Waals surface area contributed by atoms with Crippen molar-refractivity contribution in [3.8, 4) is 5.75 Å². The molecule has 4 nitrogen and oxygen atoms in total. The highest BCUT2D eigenvalue weighted by atomic mass is 32.1. The van der Waals surface area contributed by atoms with Crippen molar-refractivity contribution in [3.63, 3.8) is 0 Å². The summed E-state index contributed by atoms with van der Waals surface area (Å²) in [5.41, 5.74) is 5.32. The Morgan fingerprint density at radius 2 is 1.83 bits per heavy atom. The number of methoxy groups -OCH3 is 1. The van der Waals surface area contributed by atoms with Gasteiger partial charge in [-0.3, -0.25) is 9.69 Å². The molecule has 0 aliphatic heterocycles. The van der Waals surface area contributed by atoms with E-state index in [1.165, 1.54) is 16.9 Å². The van der Waals surface area contributed by atoms with Crippen LogP contribution in [-0.2, 0) is 17.8 Å². The van der Waals surface area contributed by atoms with Gasteiger partial charge in [0.05, 0.1) is 30.3 Å². The fraction of sp³-hybridized carbons (Fsp3) is 0.200. The van der Waals surface area contributed by atoms with Crippen LogP contribution >= 0.6 is 11.3 Å². The second-order valence-corrected chi connectivity index (χ2v) is 8.41. The maximum Gasteiger partial charge on any atom is 0.233 e. The molecule has 0 saturated carbocycles. The van der Waals surface area contributed by atoms with E-state index in [1.54, 1.807) is 12.0 Å². The Labute approximate surface area is 180 Å². The van der Waals surface area contributed by atoms with Crippen molar-refractivity contribution < 1.29 is 9.53 Å². The first-order valence-electron chi connectivity index (χ1n) is 9.88. The first kappa shape index (κ1) is 20.1. The quantitative estimate of drug-likeness (QED) is 0.405. The van der Waals surface area contributed by atoms with Crippen LogP contribution in [0.15, 0.2) is 66.7 Å². The largest absolute Gasteiger partial charge is 0.497 e. The van der Waals surface area contributed by atoms with Gasteiger partial charge in [-0.2, -0.15) is 0 Å². The number of benzene rings is 3. The first-order chi connectivity index (χ1) is 14.5. The molecule has 0 spiro atoms. The molecule has 152 valence electrons. The predicted octanol–water partition coefficient (Wildman–Crippen LogP) is 5.70. The number of rotatable bonds is 6. The second kappa shape index (κ2) is 8.67. The number of amides is 1. The number of thiazole rings is 1. The Morgan fingerprint density at radius 3 is 2.57 bits per heavy atom. The zero-order valence-corrected chi connectivity index (χ0v) is 18.2. The van der Waals surface area contributed by atoms with E-state index in [0.717, 1.165) is 32.7 Å². The van der Waals surface area contributed by atoms with Gasteiger partial charge in [0.25, 0.3) is 0 Å². The molecule has 4 rings (SSSR count). The number of nitrogens with zero attached hydrogens (tertiary/aromatic N) is 2. The minimum Gasteiger partial charge on any atom is -0.497 e. The average molecular weight is 417 g/mol. The fourth-order valence-electron chi connectivity index (χ4n) is 3.47. The Bertz CT molecular complexity index is 1180. The number of hydrogen-bond donors (Lipinski definition) is 0. The van der Waals surface area contributed by atoms with Gasteiger partial charge in [0, 0.05) is 0 Å². The second-order valence-electron chi connectivity index (χ2n) is 7.40. The summed E-state index contributed by atoms with van der Waals surface area (Å²) in [6.07, 6.45) is 0.345. The molecule has 0 fully saturated rings. The van der Waals surface area contributed by atoms with Crippen LogP contribution in [0.25, 0.3) is 10.2 Å². The molecule has 0 radical (unpaired) electrons. The third-order valence-corrected chi connectivity index (χ3v) is 6.18. The summed E-state index contributed by atoms with van der Waals surface area (Å²) < 4.78 is 6.34. The van der Waals surface area contributed by atoms with Crippen molar-refractivity contribution in [1.82, 2.24) is 4.98 Å². The monoisotopic (exact) mass is 416 g/mol. The zero-order chi connectivity index (χ0) is 21.1. The van der Waals surface area contributed by atoms with E-state index in [4.69, 9.17) is 9.72 Å². The molecular weight excluding hydrogens is 392 g/mol. The molecule has 30 heavy (non-hydrogen) atoms. The molecule has 1 amide bonds. The third kappa shape index (κ3) is 4.36. The van der Waals surface area contributed by atoms with Gasteiger partial charge in [0.1, 0.15) is 5.75 Å². The predicted molar refractivity (Wildman–Crippen MR) is 123 cm³/mol. The number of ether oxygens (including phenoxy) is 1. The minimum absolute atomic E-state index is 0.0387. The molecule has 0 aliphatic carbocycles. The Balaban J connectivity index is 1.69. The Kier molecular flexibility index (Phi) is 5.81. The molecule has 0 bridgehead atoms. The van der Waals surface area contributed by atoms with Gasteiger partial charge < -0.3 is 4.74 Å². The minimum atomic E-state index is 0.0387. The highest BCUT2D eigenvalue weighted by Gasteiger charge is 2.21. The summed E-state index contributed by atoms with van der Waals surface area (Å²) in [6, 6.07) is 22.1. The molecule has 0 saturated heterocycles. The summed E-state index contributed by atoms with van der Waals surface area (Å²) in [6.45, 7) is 4.61. The van der Waals surface area contributed by atoms with Crippen molar-refractivity contribution in [2.45, 2.75) is 26.8 Å². The lowest BCUT2D eigenvalue weighted by Gasteiger charge is -2.20. The molecule has 4 aromatic rings. The van der Waals surface area contributed by atoms with Gasteiger partial charge in [-0.25, -0.2) is 4.98 Å². The Morgan fingerprint density at radius 1 is 1.03 bits per heavy atom. The lowest BCUT2D eigenvalue weighted by Crippen LogP contribution is -2.31. The number of aromatic nitrogens is 1. The number of aryl methyl sites for hydroxylation is 2. The molecule has 0 aliphatic rings. The van der Waals surface area contributed by atoms with Crippen LogP contribution in [0.5, 0.6) is 5.75 Å². The topological polar surface area (TPSA) is 42.4 Å². The van der Waals surface area contributed by atoms with Crippen LogP contribution in [0, 0.1) is 13.8 Å². The molecule has 1 aromatic heterocycles. The van der Waals surface area contributed by atoms with E-state index >= 15 is 0 Å². The first-order valence-corrected chi connectivity index (χ1v) is 10.7. The lowest BCUT2D eigenvalue weighted by molar-refractivity contribution is -0.118. The van der Waals surface area contributed by atoms with E-state index in [-0.39, 0.29) is 5.91 Å². The van der Waals surface area contributed by atoms with E-state index in [0.29, 0.717) is 18.1 Å².